The van der Waals surface area contributed by atoms with E-state index in [4.69, 9.17) is 0 Å². The fourth-order valence-corrected chi connectivity index (χ4v) is 3.28. The third-order valence-corrected chi connectivity index (χ3v) is 4.04. The van der Waals surface area contributed by atoms with E-state index in [1.165, 1.54) is 6.92 Å². The zero-order valence-electron chi connectivity index (χ0n) is 10.3. The normalized spacial score (nSPS) is 30.4. The number of hydrogen-bond donors (Lipinski definition) is 0. The largest absolute Gasteiger partial charge is 0.298 e. The summed E-state index contributed by atoms with van der Waals surface area (Å²) in [4.78, 5) is 11.1. The maximum Gasteiger partial charge on any atom is 0.293 e. The zero-order chi connectivity index (χ0) is 14.1. The minimum absolute atomic E-state index is 0.0289. The second-order valence-electron chi connectivity index (χ2n) is 5.34. The van der Waals surface area contributed by atoms with Gasteiger partial charge in [0.05, 0.1) is 6.54 Å². The average Bonchev–Trinajstić information content (AvgIpc) is 2.67. The highest BCUT2D eigenvalue weighted by Gasteiger charge is 2.71. The Balaban J connectivity index is 2.17. The number of hydrogen-bond acceptors (Lipinski definition) is 2. The number of alkyl halides is 4. The van der Waals surface area contributed by atoms with E-state index < -0.39 is 47.9 Å². The number of carbonyl (C=O) groups excluding carboxylic acids is 1. The van der Waals surface area contributed by atoms with E-state index in [1.807, 2.05) is 0 Å². The first-order valence-corrected chi connectivity index (χ1v) is 6.03. The summed E-state index contributed by atoms with van der Waals surface area (Å²) in [5, 5.41) is 3.54. The molecule has 2 unspecified atom stereocenters. The van der Waals surface area contributed by atoms with Crippen molar-refractivity contribution in [2.45, 2.75) is 38.7 Å². The highest BCUT2D eigenvalue weighted by molar-refractivity contribution is 5.75. The molecule has 0 radical (unpaired) electrons. The van der Waals surface area contributed by atoms with E-state index in [1.54, 1.807) is 6.92 Å². The monoisotopic (exact) mass is 276 g/mol. The fourth-order valence-electron chi connectivity index (χ4n) is 3.28. The molecule has 0 bridgehead atoms. The number of Topliss-reactive ketones (excluding diaryl/α,β-unsaturated/α-hetero) is 1. The van der Waals surface area contributed by atoms with Crippen LogP contribution in [0.25, 0.3) is 0 Å². The summed E-state index contributed by atoms with van der Waals surface area (Å²) in [6, 6.07) is 0. The molecule has 1 aromatic heterocycles. The van der Waals surface area contributed by atoms with Gasteiger partial charge < -0.3 is 0 Å². The summed E-state index contributed by atoms with van der Waals surface area (Å²) in [5.41, 5.74) is -1.10. The number of nitrogens with zero attached hydrogens (tertiary/aromatic N) is 2. The summed E-state index contributed by atoms with van der Waals surface area (Å²) in [5.74, 6) is -5.34. The van der Waals surface area contributed by atoms with Crippen LogP contribution < -0.4 is 0 Å². The number of fused-ring (bicyclic) bond motifs is 3. The molecule has 0 saturated heterocycles. The second kappa shape index (κ2) is 3.58. The molecule has 0 amide bonds. The fraction of sp³-hybridized carbons (Fsp3) is 0.667. The van der Waals surface area contributed by atoms with E-state index in [2.05, 4.69) is 5.10 Å². The molecule has 1 heterocycles. The quantitative estimate of drug-likeness (QED) is 0.796. The van der Waals surface area contributed by atoms with Crippen molar-refractivity contribution in [3.63, 3.8) is 0 Å². The molecule has 104 valence electrons. The number of ketones is 1. The Morgan fingerprint density at radius 3 is 2.63 bits per heavy atom. The van der Waals surface area contributed by atoms with Crippen molar-refractivity contribution in [1.29, 1.82) is 0 Å². The molecule has 0 N–H and O–H groups in total. The van der Waals surface area contributed by atoms with Crippen molar-refractivity contribution in [1.82, 2.24) is 9.78 Å². The van der Waals surface area contributed by atoms with Crippen LogP contribution in [-0.2, 0) is 17.3 Å². The van der Waals surface area contributed by atoms with E-state index >= 15 is 0 Å². The lowest BCUT2D eigenvalue weighted by atomic mass is 10.1. The van der Waals surface area contributed by atoms with Crippen LogP contribution in [0.2, 0.25) is 0 Å². The van der Waals surface area contributed by atoms with Crippen LogP contribution in [0.15, 0.2) is 0 Å². The van der Waals surface area contributed by atoms with Gasteiger partial charge in [-0.2, -0.15) is 13.9 Å². The lowest BCUT2D eigenvalue weighted by Crippen LogP contribution is -2.23. The number of aromatic nitrogens is 2. The Morgan fingerprint density at radius 1 is 1.47 bits per heavy atom. The molecule has 7 heteroatoms. The predicted molar refractivity (Wildman–Crippen MR) is 57.2 cm³/mol. The molecule has 3 rings (SSSR count). The van der Waals surface area contributed by atoms with Crippen molar-refractivity contribution in [3.8, 4) is 0 Å². The Hall–Kier alpha value is -1.40. The van der Waals surface area contributed by atoms with Crippen LogP contribution in [0.4, 0.5) is 17.6 Å². The minimum Gasteiger partial charge on any atom is -0.298 e. The van der Waals surface area contributed by atoms with E-state index in [-0.39, 0.29) is 11.5 Å². The minimum atomic E-state index is -3.17. The highest BCUT2D eigenvalue weighted by atomic mass is 19.3. The summed E-state index contributed by atoms with van der Waals surface area (Å²) in [6.07, 6.45) is -2.90. The van der Waals surface area contributed by atoms with E-state index in [0.29, 0.717) is 0 Å². The molecule has 0 spiro atoms. The molecular formula is C12H12F4N2O. The predicted octanol–water partition coefficient (Wildman–Crippen LogP) is 2.86. The van der Waals surface area contributed by atoms with Gasteiger partial charge in [0, 0.05) is 17.4 Å². The van der Waals surface area contributed by atoms with Crippen molar-refractivity contribution < 1.29 is 22.4 Å². The number of halogens is 4. The Morgan fingerprint density at radius 2 is 2.11 bits per heavy atom. The Labute approximate surface area is 106 Å². The molecule has 2 aliphatic rings. The molecule has 2 aliphatic carbocycles. The van der Waals surface area contributed by atoms with E-state index in [0.717, 1.165) is 4.68 Å². The lowest BCUT2D eigenvalue weighted by Gasteiger charge is -2.16. The van der Waals surface area contributed by atoms with Crippen LogP contribution in [0.1, 0.15) is 43.1 Å². The van der Waals surface area contributed by atoms with Gasteiger partial charge in [-0.15, -0.1) is 0 Å². The smallest absolute Gasteiger partial charge is 0.293 e. The van der Waals surface area contributed by atoms with Crippen LogP contribution in [0.3, 0.4) is 0 Å². The van der Waals surface area contributed by atoms with Gasteiger partial charge in [0.2, 0.25) is 0 Å². The Bertz CT molecular complexity index is 566. The summed E-state index contributed by atoms with van der Waals surface area (Å²) in [7, 11) is 0. The maximum atomic E-state index is 14.2. The zero-order valence-corrected chi connectivity index (χ0v) is 10.3. The maximum absolute atomic E-state index is 14.2. The molecule has 3 atom stereocenters. The van der Waals surface area contributed by atoms with Crippen LogP contribution in [0.5, 0.6) is 0 Å². The molecule has 1 aromatic rings. The van der Waals surface area contributed by atoms with Gasteiger partial charge in [0.15, 0.2) is 5.78 Å². The van der Waals surface area contributed by atoms with Crippen LogP contribution >= 0.6 is 0 Å². The molecule has 3 nitrogen and oxygen atoms in total. The summed E-state index contributed by atoms with van der Waals surface area (Å²) < 4.78 is 55.0. The van der Waals surface area contributed by atoms with Gasteiger partial charge in [-0.3, -0.25) is 9.48 Å². The number of carbonyl (C=O) groups is 1. The van der Waals surface area contributed by atoms with Gasteiger partial charge in [-0.25, -0.2) is 8.78 Å². The molecule has 0 aromatic carbocycles. The van der Waals surface area contributed by atoms with Gasteiger partial charge in [-0.05, 0) is 12.8 Å². The SMILES string of the molecule is CC(=O)Cn1nc(C(F)F)c2c1C(F)(F)C1C2[C@H]1C. The van der Waals surface area contributed by atoms with Crippen molar-refractivity contribution in [2.75, 3.05) is 0 Å². The third kappa shape index (κ3) is 1.50. The van der Waals surface area contributed by atoms with E-state index in [9.17, 15) is 22.4 Å². The first kappa shape index (κ1) is 12.6. The molecular weight excluding hydrogens is 264 g/mol. The van der Waals surface area contributed by atoms with Crippen LogP contribution in [-0.4, -0.2) is 15.6 Å². The summed E-state index contributed by atoms with van der Waals surface area (Å²) >= 11 is 0. The van der Waals surface area contributed by atoms with Crippen LogP contribution in [0, 0.1) is 11.8 Å². The topological polar surface area (TPSA) is 34.9 Å². The van der Waals surface area contributed by atoms with Crippen molar-refractivity contribution in [2.24, 2.45) is 11.8 Å². The Kier molecular flexibility index (Phi) is 2.38. The van der Waals surface area contributed by atoms with Crippen molar-refractivity contribution in [3.05, 3.63) is 17.0 Å². The first-order chi connectivity index (χ1) is 8.76. The molecule has 0 aliphatic heterocycles. The highest BCUT2D eigenvalue weighted by Crippen LogP contribution is 2.71. The number of rotatable bonds is 3. The van der Waals surface area contributed by atoms with Gasteiger partial charge in [0.1, 0.15) is 11.4 Å². The van der Waals surface area contributed by atoms with Crippen molar-refractivity contribution >= 4 is 5.78 Å². The van der Waals surface area contributed by atoms with Gasteiger partial charge >= 0.3 is 0 Å². The third-order valence-electron chi connectivity index (χ3n) is 4.04. The first-order valence-electron chi connectivity index (χ1n) is 6.03. The van der Waals surface area contributed by atoms with Gasteiger partial charge in [0.25, 0.3) is 12.3 Å². The van der Waals surface area contributed by atoms with Gasteiger partial charge in [-0.1, -0.05) is 6.92 Å². The summed E-state index contributed by atoms with van der Waals surface area (Å²) in [6.45, 7) is 2.45. The lowest BCUT2D eigenvalue weighted by molar-refractivity contribution is -0.118. The average molecular weight is 276 g/mol. The molecule has 1 fully saturated rings. The standard InChI is InChI=1S/C12H12F4N2O/c1-4(19)3-18-10-7(9(17-18)11(13)14)6-5(2)8(6)12(10,15)16/h5-6,8,11H,3H2,1-2H3/t5-,6?,8?/m1/s1. The second-order valence-corrected chi connectivity index (χ2v) is 5.34. The molecule has 19 heavy (non-hydrogen) atoms. The molecule has 1 saturated carbocycles.